The Hall–Kier alpha value is -1.65. The summed E-state index contributed by atoms with van der Waals surface area (Å²) in [7, 11) is -1.96. The lowest BCUT2D eigenvalue weighted by atomic mass is 9.82. The van der Waals surface area contributed by atoms with Crippen LogP contribution in [0.1, 0.15) is 44.1 Å². The second-order valence-electron chi connectivity index (χ2n) is 9.14. The fourth-order valence-corrected chi connectivity index (χ4v) is 6.63. The summed E-state index contributed by atoms with van der Waals surface area (Å²) in [5, 5.41) is -0.359. The first-order valence-electron chi connectivity index (χ1n) is 10.7. The quantitative estimate of drug-likeness (QED) is 0.634. The molecule has 1 saturated carbocycles. The predicted octanol–water partition coefficient (Wildman–Crippen LogP) is 2.17. The van der Waals surface area contributed by atoms with Crippen molar-refractivity contribution in [2.24, 2.45) is 11.7 Å². The molecular weight excluding hydrogens is 431 g/mol. The van der Waals surface area contributed by atoms with E-state index in [2.05, 4.69) is 0 Å². The molecule has 172 valence electrons. The lowest BCUT2D eigenvalue weighted by molar-refractivity contribution is -0.136. The maximum absolute atomic E-state index is 14.0. The Morgan fingerprint density at radius 1 is 1.10 bits per heavy atom. The maximum atomic E-state index is 14.0. The molecule has 31 heavy (non-hydrogen) atoms. The van der Waals surface area contributed by atoms with Crippen LogP contribution in [0.25, 0.3) is 0 Å². The number of likely N-dealkylation sites (N-methyl/N-ethyl adjacent to an activating group) is 1. The van der Waals surface area contributed by atoms with Crippen LogP contribution in [0.4, 0.5) is 13.2 Å². The fourth-order valence-electron chi connectivity index (χ4n) is 5.10. The van der Waals surface area contributed by atoms with E-state index in [1.54, 1.807) is 4.90 Å². The van der Waals surface area contributed by atoms with E-state index >= 15 is 0 Å². The van der Waals surface area contributed by atoms with Gasteiger partial charge in [-0.25, -0.2) is 21.6 Å². The van der Waals surface area contributed by atoms with E-state index in [4.69, 9.17) is 5.73 Å². The van der Waals surface area contributed by atoms with Gasteiger partial charge in [0.15, 0.2) is 11.6 Å². The number of rotatable bonds is 7. The number of nitrogens with two attached hydrogens (primary N) is 1. The van der Waals surface area contributed by atoms with Gasteiger partial charge in [-0.3, -0.25) is 4.79 Å². The Morgan fingerprint density at radius 3 is 2.26 bits per heavy atom. The topological polar surface area (TPSA) is 83.7 Å². The van der Waals surface area contributed by atoms with Crippen molar-refractivity contribution >= 4 is 15.9 Å². The van der Waals surface area contributed by atoms with Crippen molar-refractivity contribution in [3.8, 4) is 0 Å². The van der Waals surface area contributed by atoms with Crippen LogP contribution in [-0.2, 0) is 21.2 Å². The van der Waals surface area contributed by atoms with Crippen molar-refractivity contribution in [2.75, 3.05) is 13.6 Å². The number of carbonyl (C=O) groups excluding carboxylic acids is 1. The number of nitrogens with zero attached hydrogens (tertiary/aromatic N) is 2. The van der Waals surface area contributed by atoms with Crippen molar-refractivity contribution in [2.45, 2.75) is 68.3 Å². The van der Waals surface area contributed by atoms with Gasteiger partial charge in [0.25, 0.3) is 0 Å². The van der Waals surface area contributed by atoms with Gasteiger partial charge in [-0.05, 0) is 62.5 Å². The molecule has 2 heterocycles. The zero-order chi connectivity index (χ0) is 22.5. The standard InChI is InChI=1S/C21H28F3N3O3S/c1-26(31(29,30)16-4-5-16)11-21(28)27-14-2-3-15(27)7-13(6-14)20(25)9-12-8-18(23)19(24)10-17(12)22/h8,10,13-16,20H,2-7,9,11,25H2,1H3/t13?,14?,15?,20-/m1/s1. The van der Waals surface area contributed by atoms with E-state index in [0.29, 0.717) is 31.7 Å². The monoisotopic (exact) mass is 459 g/mol. The fraction of sp³-hybridized carbons (Fsp3) is 0.667. The third-order valence-electron chi connectivity index (χ3n) is 6.95. The first-order valence-corrected chi connectivity index (χ1v) is 12.2. The van der Waals surface area contributed by atoms with E-state index in [-0.39, 0.29) is 47.7 Å². The Labute approximate surface area is 180 Å². The highest BCUT2D eigenvalue weighted by Gasteiger charge is 2.46. The molecule has 0 radical (unpaired) electrons. The largest absolute Gasteiger partial charge is 0.336 e. The first kappa shape index (κ1) is 22.5. The van der Waals surface area contributed by atoms with Crippen LogP contribution in [0.2, 0.25) is 0 Å². The minimum Gasteiger partial charge on any atom is -0.336 e. The molecule has 3 fully saturated rings. The SMILES string of the molecule is CN(CC(=O)N1C2CCC1CC([C@H](N)Cc1cc(F)c(F)cc1F)C2)S(=O)(=O)C1CC1. The molecule has 2 unspecified atom stereocenters. The smallest absolute Gasteiger partial charge is 0.238 e. The summed E-state index contributed by atoms with van der Waals surface area (Å²) < 4.78 is 66.5. The average Bonchev–Trinajstić information content (AvgIpc) is 3.52. The highest BCUT2D eigenvalue weighted by atomic mass is 32.2. The summed E-state index contributed by atoms with van der Waals surface area (Å²) in [4.78, 5) is 14.7. The zero-order valence-electron chi connectivity index (χ0n) is 17.4. The van der Waals surface area contributed by atoms with E-state index in [9.17, 15) is 26.4 Å². The van der Waals surface area contributed by atoms with Gasteiger partial charge in [0.2, 0.25) is 15.9 Å². The number of hydrogen-bond donors (Lipinski definition) is 1. The van der Waals surface area contributed by atoms with Crippen molar-refractivity contribution in [3.63, 3.8) is 0 Å². The van der Waals surface area contributed by atoms with Crippen molar-refractivity contribution in [3.05, 3.63) is 35.1 Å². The number of piperidine rings is 1. The average molecular weight is 460 g/mol. The number of sulfonamides is 1. The van der Waals surface area contributed by atoms with E-state index in [1.807, 2.05) is 0 Å². The molecular formula is C21H28F3N3O3S. The molecule has 4 rings (SSSR count). The molecule has 1 aromatic carbocycles. The molecule has 0 aromatic heterocycles. The Kier molecular flexibility index (Phi) is 6.08. The number of halogens is 3. The zero-order valence-corrected chi connectivity index (χ0v) is 18.3. The lowest BCUT2D eigenvalue weighted by Gasteiger charge is -2.41. The van der Waals surface area contributed by atoms with Gasteiger partial charge in [0.05, 0.1) is 11.8 Å². The maximum Gasteiger partial charge on any atom is 0.238 e. The molecule has 2 bridgehead atoms. The Bertz CT molecular complexity index is 956. The minimum absolute atomic E-state index is 0.0157. The van der Waals surface area contributed by atoms with Gasteiger partial charge < -0.3 is 10.6 Å². The Morgan fingerprint density at radius 2 is 1.68 bits per heavy atom. The van der Waals surface area contributed by atoms with Crippen LogP contribution in [0.15, 0.2) is 12.1 Å². The predicted molar refractivity (Wildman–Crippen MR) is 109 cm³/mol. The van der Waals surface area contributed by atoms with E-state index in [1.165, 1.54) is 7.05 Å². The summed E-state index contributed by atoms with van der Waals surface area (Å²) in [6, 6.07) is 0.878. The summed E-state index contributed by atoms with van der Waals surface area (Å²) in [6.07, 6.45) is 4.28. The molecule has 3 atom stereocenters. The van der Waals surface area contributed by atoms with Gasteiger partial charge in [-0.1, -0.05) is 0 Å². The lowest BCUT2D eigenvalue weighted by Crippen LogP contribution is -2.53. The van der Waals surface area contributed by atoms with Gasteiger partial charge in [0, 0.05) is 31.2 Å². The van der Waals surface area contributed by atoms with Crippen LogP contribution in [0.3, 0.4) is 0 Å². The number of benzene rings is 1. The minimum atomic E-state index is -3.41. The van der Waals surface area contributed by atoms with Crippen LogP contribution < -0.4 is 5.73 Å². The molecule has 3 aliphatic rings. The van der Waals surface area contributed by atoms with Gasteiger partial charge in [-0.15, -0.1) is 0 Å². The van der Waals surface area contributed by atoms with Gasteiger partial charge in [-0.2, -0.15) is 4.31 Å². The third kappa shape index (κ3) is 4.47. The summed E-state index contributed by atoms with van der Waals surface area (Å²) in [5.74, 6) is -3.33. The van der Waals surface area contributed by atoms with Crippen LogP contribution in [-0.4, -0.2) is 60.5 Å². The van der Waals surface area contributed by atoms with E-state index in [0.717, 1.165) is 23.2 Å². The summed E-state index contributed by atoms with van der Waals surface area (Å²) in [5.41, 5.74) is 6.36. The number of hydrogen-bond acceptors (Lipinski definition) is 4. The number of amides is 1. The molecule has 0 spiro atoms. The van der Waals surface area contributed by atoms with Gasteiger partial charge in [0.1, 0.15) is 5.82 Å². The molecule has 1 aromatic rings. The molecule has 2 aliphatic heterocycles. The molecule has 2 N–H and O–H groups in total. The molecule has 6 nitrogen and oxygen atoms in total. The van der Waals surface area contributed by atoms with Crippen LogP contribution in [0, 0.1) is 23.4 Å². The van der Waals surface area contributed by atoms with Crippen molar-refractivity contribution in [1.82, 2.24) is 9.21 Å². The second-order valence-corrected chi connectivity index (χ2v) is 11.5. The van der Waals surface area contributed by atoms with Crippen LogP contribution in [0.5, 0.6) is 0 Å². The first-order chi connectivity index (χ1) is 14.6. The van der Waals surface area contributed by atoms with Crippen molar-refractivity contribution < 1.29 is 26.4 Å². The second kappa shape index (κ2) is 8.37. The Balaban J connectivity index is 1.38. The molecule has 10 heteroatoms. The summed E-state index contributed by atoms with van der Waals surface area (Å²) in [6.45, 7) is -0.164. The number of carbonyl (C=O) groups is 1. The summed E-state index contributed by atoms with van der Waals surface area (Å²) >= 11 is 0. The van der Waals surface area contributed by atoms with Gasteiger partial charge >= 0.3 is 0 Å². The molecule has 1 amide bonds. The van der Waals surface area contributed by atoms with Crippen molar-refractivity contribution in [1.29, 1.82) is 0 Å². The normalized spacial score (nSPS) is 27.0. The molecule has 2 saturated heterocycles. The number of fused-ring (bicyclic) bond motifs is 2. The van der Waals surface area contributed by atoms with E-state index < -0.39 is 33.5 Å². The molecule has 1 aliphatic carbocycles. The highest BCUT2D eigenvalue weighted by Crippen LogP contribution is 2.40. The third-order valence-corrected chi connectivity index (χ3v) is 9.26. The highest BCUT2D eigenvalue weighted by molar-refractivity contribution is 7.90. The van der Waals surface area contributed by atoms with Crippen LogP contribution >= 0.6 is 0 Å².